The minimum absolute atomic E-state index is 0.354. The first-order chi connectivity index (χ1) is 7.07. The van der Waals surface area contributed by atoms with Gasteiger partial charge in [-0.25, -0.2) is 0 Å². The van der Waals surface area contributed by atoms with Crippen LogP contribution in [0.25, 0.3) is 0 Å². The molecule has 5 N–H and O–H groups in total. The molecule has 0 aliphatic heterocycles. The molecule has 0 saturated carbocycles. The second-order valence-corrected chi connectivity index (χ2v) is 3.34. The normalized spacial score (nSPS) is 12.3. The Labute approximate surface area is 88.3 Å². The fourth-order valence-electron chi connectivity index (χ4n) is 1.34. The van der Waals surface area contributed by atoms with Gasteiger partial charge in [-0.1, -0.05) is 6.08 Å². The molecule has 1 aromatic rings. The van der Waals surface area contributed by atoms with Crippen LogP contribution in [0.15, 0.2) is 24.8 Å². The van der Waals surface area contributed by atoms with E-state index in [1.807, 2.05) is 0 Å². The second kappa shape index (κ2) is 4.70. The minimum atomic E-state index is -0.526. The van der Waals surface area contributed by atoms with Crippen molar-refractivity contribution in [3.05, 3.63) is 30.4 Å². The topological polar surface area (TPSA) is 86.7 Å². The molecule has 0 spiro atoms. The number of phenols is 3. The Balaban J connectivity index is 2.94. The Morgan fingerprint density at radius 2 is 1.93 bits per heavy atom. The largest absolute Gasteiger partial charge is 0.504 e. The number of aromatic hydroxyl groups is 3. The Morgan fingerprint density at radius 1 is 1.27 bits per heavy atom. The van der Waals surface area contributed by atoms with E-state index < -0.39 is 5.75 Å². The number of hydrogen-bond donors (Lipinski definition) is 4. The summed E-state index contributed by atoms with van der Waals surface area (Å²) in [6, 6.07) is 2.42. The highest BCUT2D eigenvalue weighted by atomic mass is 16.3. The van der Waals surface area contributed by atoms with Gasteiger partial charge in [-0.3, -0.25) is 0 Å². The van der Waals surface area contributed by atoms with E-state index >= 15 is 0 Å². The van der Waals surface area contributed by atoms with Gasteiger partial charge in [0.05, 0.1) is 0 Å². The van der Waals surface area contributed by atoms with E-state index in [2.05, 4.69) is 6.58 Å². The monoisotopic (exact) mass is 209 g/mol. The van der Waals surface area contributed by atoms with Crippen LogP contribution in [-0.2, 0) is 0 Å². The number of hydrogen-bond acceptors (Lipinski definition) is 4. The Bertz CT molecular complexity index is 363. The van der Waals surface area contributed by atoms with Gasteiger partial charge in [0.15, 0.2) is 11.5 Å². The zero-order chi connectivity index (χ0) is 11.4. The van der Waals surface area contributed by atoms with Crippen molar-refractivity contribution in [2.45, 2.75) is 18.9 Å². The summed E-state index contributed by atoms with van der Waals surface area (Å²) in [5.41, 5.74) is 6.22. The number of nitrogens with two attached hydrogens (primary N) is 1. The predicted octanol–water partition coefficient (Wildman–Crippen LogP) is 1.77. The molecule has 0 bridgehead atoms. The summed E-state index contributed by atoms with van der Waals surface area (Å²) in [6.07, 6.45) is 3.08. The molecule has 0 fully saturated rings. The highest BCUT2D eigenvalue weighted by Crippen LogP contribution is 2.39. The molecular weight excluding hydrogens is 194 g/mol. The van der Waals surface area contributed by atoms with Crippen molar-refractivity contribution >= 4 is 0 Å². The number of phenolic OH excluding ortho intramolecular Hbond substituents is 3. The van der Waals surface area contributed by atoms with Crippen molar-refractivity contribution in [3.63, 3.8) is 0 Å². The van der Waals surface area contributed by atoms with Crippen LogP contribution in [0, 0.1) is 0 Å². The van der Waals surface area contributed by atoms with E-state index in [1.54, 1.807) is 6.08 Å². The SMILES string of the molecule is C=CCC[C@@H](N)c1ccc(O)c(O)c1O. The molecule has 0 aromatic heterocycles. The molecule has 0 heterocycles. The predicted molar refractivity (Wildman–Crippen MR) is 57.8 cm³/mol. The standard InChI is InChI=1S/C11H15NO3/c1-2-3-4-8(12)7-5-6-9(13)11(15)10(7)14/h2,5-6,8,13-15H,1,3-4,12H2/t8-/m1/s1. The van der Waals surface area contributed by atoms with Crippen LogP contribution < -0.4 is 5.73 Å². The quantitative estimate of drug-likeness (QED) is 0.449. The van der Waals surface area contributed by atoms with E-state index in [4.69, 9.17) is 10.8 Å². The van der Waals surface area contributed by atoms with Gasteiger partial charge in [-0.2, -0.15) is 0 Å². The third-order valence-corrected chi connectivity index (χ3v) is 2.24. The van der Waals surface area contributed by atoms with Crippen LogP contribution >= 0.6 is 0 Å². The summed E-state index contributed by atoms with van der Waals surface area (Å²) in [6.45, 7) is 3.57. The molecule has 1 aromatic carbocycles. The molecule has 0 aliphatic carbocycles. The maximum atomic E-state index is 9.53. The molecule has 0 radical (unpaired) electrons. The molecule has 0 unspecified atom stereocenters. The van der Waals surface area contributed by atoms with Gasteiger partial charge in [0.2, 0.25) is 5.75 Å². The summed E-state index contributed by atoms with van der Waals surface area (Å²) < 4.78 is 0. The fourth-order valence-corrected chi connectivity index (χ4v) is 1.34. The molecule has 1 atom stereocenters. The van der Waals surface area contributed by atoms with Gasteiger partial charge in [0, 0.05) is 11.6 Å². The molecule has 0 aliphatic rings. The maximum Gasteiger partial charge on any atom is 0.200 e. The van der Waals surface area contributed by atoms with Crippen molar-refractivity contribution in [1.82, 2.24) is 0 Å². The zero-order valence-corrected chi connectivity index (χ0v) is 8.35. The van der Waals surface area contributed by atoms with Gasteiger partial charge in [0.25, 0.3) is 0 Å². The first-order valence-electron chi connectivity index (χ1n) is 4.68. The first kappa shape index (κ1) is 11.4. The molecule has 0 amide bonds. The molecule has 15 heavy (non-hydrogen) atoms. The van der Waals surface area contributed by atoms with Gasteiger partial charge in [-0.15, -0.1) is 6.58 Å². The van der Waals surface area contributed by atoms with E-state index in [-0.39, 0.29) is 17.5 Å². The lowest BCUT2D eigenvalue weighted by Crippen LogP contribution is -2.09. The number of benzene rings is 1. The average Bonchev–Trinajstić information content (AvgIpc) is 2.23. The smallest absolute Gasteiger partial charge is 0.200 e. The molecule has 4 heteroatoms. The molecule has 1 rings (SSSR count). The lowest BCUT2D eigenvalue weighted by atomic mass is 10.0. The van der Waals surface area contributed by atoms with Crippen molar-refractivity contribution in [1.29, 1.82) is 0 Å². The second-order valence-electron chi connectivity index (χ2n) is 3.34. The lowest BCUT2D eigenvalue weighted by Gasteiger charge is -2.13. The van der Waals surface area contributed by atoms with Gasteiger partial charge in [0.1, 0.15) is 0 Å². The Kier molecular flexibility index (Phi) is 3.57. The zero-order valence-electron chi connectivity index (χ0n) is 8.35. The first-order valence-corrected chi connectivity index (χ1v) is 4.68. The highest BCUT2D eigenvalue weighted by molar-refractivity contribution is 5.54. The summed E-state index contributed by atoms with van der Waals surface area (Å²) in [7, 11) is 0. The fraction of sp³-hybridized carbons (Fsp3) is 0.273. The van der Waals surface area contributed by atoms with E-state index in [0.29, 0.717) is 12.0 Å². The Hall–Kier alpha value is -1.68. The Morgan fingerprint density at radius 3 is 2.53 bits per heavy atom. The van der Waals surface area contributed by atoms with Crippen LogP contribution in [0.1, 0.15) is 24.4 Å². The van der Waals surface area contributed by atoms with Crippen LogP contribution in [0.4, 0.5) is 0 Å². The summed E-state index contributed by atoms with van der Waals surface area (Å²) in [5.74, 6) is -1.24. The third kappa shape index (κ3) is 2.41. The minimum Gasteiger partial charge on any atom is -0.504 e. The number of rotatable bonds is 4. The summed E-state index contributed by atoms with van der Waals surface area (Å²) >= 11 is 0. The van der Waals surface area contributed by atoms with Gasteiger partial charge in [-0.05, 0) is 25.0 Å². The molecule has 4 nitrogen and oxygen atoms in total. The lowest BCUT2D eigenvalue weighted by molar-refractivity contribution is 0.362. The number of allylic oxidation sites excluding steroid dienone is 1. The van der Waals surface area contributed by atoms with E-state index in [1.165, 1.54) is 12.1 Å². The van der Waals surface area contributed by atoms with Crippen LogP contribution in [-0.4, -0.2) is 15.3 Å². The van der Waals surface area contributed by atoms with E-state index in [9.17, 15) is 10.2 Å². The third-order valence-electron chi connectivity index (χ3n) is 2.24. The van der Waals surface area contributed by atoms with Crippen LogP contribution in [0.5, 0.6) is 17.2 Å². The van der Waals surface area contributed by atoms with Gasteiger partial charge >= 0.3 is 0 Å². The van der Waals surface area contributed by atoms with E-state index in [0.717, 1.165) is 6.42 Å². The summed E-state index contributed by atoms with van der Waals surface area (Å²) in [5, 5.41) is 27.9. The van der Waals surface area contributed by atoms with Crippen LogP contribution in [0.2, 0.25) is 0 Å². The molecule has 82 valence electrons. The van der Waals surface area contributed by atoms with Crippen molar-refractivity contribution in [3.8, 4) is 17.2 Å². The van der Waals surface area contributed by atoms with Crippen molar-refractivity contribution < 1.29 is 15.3 Å². The molecular formula is C11H15NO3. The molecule has 0 saturated heterocycles. The van der Waals surface area contributed by atoms with Crippen LogP contribution in [0.3, 0.4) is 0 Å². The van der Waals surface area contributed by atoms with Gasteiger partial charge < -0.3 is 21.1 Å². The highest BCUT2D eigenvalue weighted by Gasteiger charge is 2.15. The average molecular weight is 209 g/mol. The van der Waals surface area contributed by atoms with Crippen molar-refractivity contribution in [2.75, 3.05) is 0 Å². The maximum absolute atomic E-state index is 9.53. The summed E-state index contributed by atoms with van der Waals surface area (Å²) in [4.78, 5) is 0. The van der Waals surface area contributed by atoms with Crippen molar-refractivity contribution in [2.24, 2.45) is 5.73 Å².